The third kappa shape index (κ3) is 4.90. The molecule has 0 unspecified atom stereocenters. The van der Waals surface area contributed by atoms with Gasteiger partial charge in [0.15, 0.2) is 29.3 Å². The molecule has 1 aliphatic heterocycles. The molecule has 0 saturated carbocycles. The van der Waals surface area contributed by atoms with Crippen LogP contribution in [-0.2, 0) is 15.9 Å². The largest absolute Gasteiger partial charge is 0.504 e. The van der Waals surface area contributed by atoms with Crippen LogP contribution in [0.15, 0.2) is 30.3 Å². The van der Waals surface area contributed by atoms with Gasteiger partial charge < -0.3 is 49.6 Å². The van der Waals surface area contributed by atoms with Crippen LogP contribution in [-0.4, -0.2) is 89.3 Å². The fourth-order valence-corrected chi connectivity index (χ4v) is 5.07. The third-order valence-electron chi connectivity index (χ3n) is 7.00. The van der Waals surface area contributed by atoms with E-state index in [4.69, 9.17) is 18.9 Å². The van der Waals surface area contributed by atoms with Gasteiger partial charge in [-0.2, -0.15) is 0 Å². The minimum Gasteiger partial charge on any atom is -0.504 e. The minimum atomic E-state index is -1.44. The van der Waals surface area contributed by atoms with E-state index in [0.717, 1.165) is 16.7 Å². The van der Waals surface area contributed by atoms with Crippen LogP contribution in [0.4, 0.5) is 0 Å². The van der Waals surface area contributed by atoms with Gasteiger partial charge in [-0.15, -0.1) is 0 Å². The smallest absolute Gasteiger partial charge is 0.186 e. The number of hydrogen-bond donors (Lipinski definition) is 6. The Morgan fingerprint density at radius 1 is 0.943 bits per heavy atom. The summed E-state index contributed by atoms with van der Waals surface area (Å²) >= 11 is 0. The highest BCUT2D eigenvalue weighted by Crippen LogP contribution is 2.48. The van der Waals surface area contributed by atoms with Gasteiger partial charge in [-0.05, 0) is 59.2 Å². The van der Waals surface area contributed by atoms with E-state index in [1.54, 1.807) is 24.3 Å². The van der Waals surface area contributed by atoms with E-state index in [2.05, 4.69) is 0 Å². The normalized spacial score (nSPS) is 30.5. The quantitative estimate of drug-likeness (QED) is 0.321. The van der Waals surface area contributed by atoms with Crippen LogP contribution in [0.1, 0.15) is 22.6 Å². The van der Waals surface area contributed by atoms with Gasteiger partial charge in [0.1, 0.15) is 18.3 Å². The Hall–Kier alpha value is -2.60. The predicted octanol–water partition coefficient (Wildman–Crippen LogP) is 0.483. The first-order valence-electron chi connectivity index (χ1n) is 11.4. The topological polar surface area (TPSA) is 158 Å². The SMILES string of the molecule is COc1cc([C@H]2c3cc(O)c(OC)cc3C[C@H](CO)[C@H]2CO[C@H]2OC[C@@H](O)[C@H](O)[C@H]2O)ccc1O. The molecule has 6 N–H and O–H groups in total. The fourth-order valence-electron chi connectivity index (χ4n) is 5.07. The number of aliphatic hydroxyl groups excluding tert-OH is 4. The number of aliphatic hydroxyl groups is 4. The maximum Gasteiger partial charge on any atom is 0.186 e. The lowest BCUT2D eigenvalue weighted by Gasteiger charge is -2.41. The zero-order valence-corrected chi connectivity index (χ0v) is 19.6. The molecule has 0 aromatic heterocycles. The van der Waals surface area contributed by atoms with Crippen molar-refractivity contribution >= 4 is 0 Å². The summed E-state index contributed by atoms with van der Waals surface area (Å²) in [5, 5.41) is 60.9. The van der Waals surface area contributed by atoms with Crippen LogP contribution in [0.2, 0.25) is 0 Å². The summed E-state index contributed by atoms with van der Waals surface area (Å²) in [4.78, 5) is 0. The van der Waals surface area contributed by atoms with Crippen LogP contribution < -0.4 is 9.47 Å². The Labute approximate surface area is 202 Å². The van der Waals surface area contributed by atoms with Crippen molar-refractivity contribution in [3.8, 4) is 23.0 Å². The van der Waals surface area contributed by atoms with Gasteiger partial charge in [0.2, 0.25) is 0 Å². The molecular weight excluding hydrogens is 460 g/mol. The zero-order valence-electron chi connectivity index (χ0n) is 19.6. The van der Waals surface area contributed by atoms with Crippen LogP contribution in [0.3, 0.4) is 0 Å². The molecule has 2 aliphatic rings. The number of ether oxygens (including phenoxy) is 4. The second-order valence-electron chi connectivity index (χ2n) is 9.03. The van der Waals surface area contributed by atoms with Gasteiger partial charge in [0, 0.05) is 12.5 Å². The Bertz CT molecular complexity index is 1030. The van der Waals surface area contributed by atoms with Crippen molar-refractivity contribution < 1.29 is 49.6 Å². The summed E-state index contributed by atoms with van der Waals surface area (Å²) in [6.45, 7) is -0.306. The van der Waals surface area contributed by atoms with Crippen LogP contribution >= 0.6 is 0 Å². The monoisotopic (exact) mass is 492 g/mol. The zero-order chi connectivity index (χ0) is 25.3. The molecule has 192 valence electrons. The van der Waals surface area contributed by atoms with Gasteiger partial charge in [0.05, 0.1) is 27.4 Å². The minimum absolute atomic E-state index is 0.0253. The molecule has 0 spiro atoms. The first-order valence-corrected chi connectivity index (χ1v) is 11.4. The van der Waals surface area contributed by atoms with E-state index in [9.17, 15) is 30.6 Å². The number of phenols is 2. The molecule has 4 rings (SSSR count). The lowest BCUT2D eigenvalue weighted by atomic mass is 9.67. The summed E-state index contributed by atoms with van der Waals surface area (Å²) in [6.07, 6.45) is -4.74. The van der Waals surface area contributed by atoms with Gasteiger partial charge in [-0.1, -0.05) is 6.07 Å². The van der Waals surface area contributed by atoms with E-state index in [1.807, 2.05) is 0 Å². The highest BCUT2D eigenvalue weighted by Gasteiger charge is 2.42. The maximum atomic E-state index is 10.5. The number of phenolic OH excluding ortho intramolecular Hbond substituents is 2. The van der Waals surface area contributed by atoms with Crippen molar-refractivity contribution in [1.82, 2.24) is 0 Å². The maximum absolute atomic E-state index is 10.5. The van der Waals surface area contributed by atoms with E-state index >= 15 is 0 Å². The van der Waals surface area contributed by atoms with Crippen molar-refractivity contribution in [3.05, 3.63) is 47.0 Å². The Balaban J connectivity index is 1.73. The molecule has 1 fully saturated rings. The van der Waals surface area contributed by atoms with Crippen molar-refractivity contribution in [1.29, 1.82) is 0 Å². The van der Waals surface area contributed by atoms with Gasteiger partial charge >= 0.3 is 0 Å². The third-order valence-corrected chi connectivity index (χ3v) is 7.00. The van der Waals surface area contributed by atoms with E-state index < -0.39 is 30.5 Å². The first-order chi connectivity index (χ1) is 16.8. The molecule has 35 heavy (non-hydrogen) atoms. The average molecular weight is 493 g/mol. The van der Waals surface area contributed by atoms with Gasteiger partial charge in [-0.3, -0.25) is 0 Å². The van der Waals surface area contributed by atoms with E-state index in [1.165, 1.54) is 20.3 Å². The van der Waals surface area contributed by atoms with Crippen molar-refractivity contribution in [2.24, 2.45) is 11.8 Å². The molecule has 2 aromatic rings. The van der Waals surface area contributed by atoms with Crippen LogP contribution in [0.25, 0.3) is 0 Å². The average Bonchev–Trinajstić information content (AvgIpc) is 2.86. The lowest BCUT2D eigenvalue weighted by Crippen LogP contribution is -2.54. The highest BCUT2D eigenvalue weighted by atomic mass is 16.7. The molecule has 1 heterocycles. The highest BCUT2D eigenvalue weighted by molar-refractivity contribution is 5.53. The number of rotatable bonds is 7. The first kappa shape index (κ1) is 25.5. The molecule has 1 saturated heterocycles. The molecule has 2 aromatic carbocycles. The van der Waals surface area contributed by atoms with E-state index in [-0.39, 0.29) is 48.9 Å². The molecule has 10 heteroatoms. The standard InChI is InChI=1S/C25H32O10/c1-32-20-6-12(3-4-17(20)27)22-15-8-18(28)21(33-2)7-13(15)5-14(9-26)16(22)10-34-25-24(31)23(30)19(29)11-35-25/h3-4,6-8,14,16,19,22-31H,5,9-11H2,1-2H3/t14-,16-,19-,22+,23+,24-,25+/m1/s1. The Kier molecular flexibility index (Phi) is 7.70. The number of fused-ring (bicyclic) bond motifs is 1. The van der Waals surface area contributed by atoms with Gasteiger partial charge in [0.25, 0.3) is 0 Å². The number of aromatic hydroxyl groups is 2. The molecular formula is C25H32O10. The summed E-state index contributed by atoms with van der Waals surface area (Å²) in [6, 6.07) is 8.34. The molecule has 0 bridgehead atoms. The fraction of sp³-hybridized carbons (Fsp3) is 0.520. The Morgan fingerprint density at radius 3 is 2.34 bits per heavy atom. The molecule has 1 aliphatic carbocycles. The second-order valence-corrected chi connectivity index (χ2v) is 9.03. The lowest BCUT2D eigenvalue weighted by molar-refractivity contribution is -0.274. The van der Waals surface area contributed by atoms with Crippen LogP contribution in [0.5, 0.6) is 23.0 Å². The predicted molar refractivity (Wildman–Crippen MR) is 123 cm³/mol. The van der Waals surface area contributed by atoms with Crippen molar-refractivity contribution in [2.75, 3.05) is 34.0 Å². The number of benzene rings is 2. The Morgan fingerprint density at radius 2 is 1.66 bits per heavy atom. The van der Waals surface area contributed by atoms with Crippen LogP contribution in [0, 0.1) is 11.8 Å². The second kappa shape index (κ2) is 10.6. The molecule has 0 radical (unpaired) electrons. The van der Waals surface area contributed by atoms with Crippen molar-refractivity contribution in [2.45, 2.75) is 36.9 Å². The van der Waals surface area contributed by atoms with Crippen molar-refractivity contribution in [3.63, 3.8) is 0 Å². The summed E-state index contributed by atoms with van der Waals surface area (Å²) < 4.78 is 21.9. The number of methoxy groups -OCH3 is 2. The van der Waals surface area contributed by atoms with Gasteiger partial charge in [-0.25, -0.2) is 0 Å². The number of hydrogen-bond acceptors (Lipinski definition) is 10. The molecule has 0 amide bonds. The summed E-state index contributed by atoms with van der Waals surface area (Å²) in [7, 11) is 2.91. The summed E-state index contributed by atoms with van der Waals surface area (Å²) in [5.74, 6) is -0.459. The summed E-state index contributed by atoms with van der Waals surface area (Å²) in [5.41, 5.74) is 2.45. The molecule has 7 atom stereocenters. The molecule has 10 nitrogen and oxygen atoms in total. The van der Waals surface area contributed by atoms with E-state index in [0.29, 0.717) is 12.2 Å².